The quantitative estimate of drug-likeness (QED) is 0.751. The van der Waals surface area contributed by atoms with Crippen molar-refractivity contribution in [1.82, 2.24) is 20.4 Å². The second-order valence-electron chi connectivity index (χ2n) is 7.36. The summed E-state index contributed by atoms with van der Waals surface area (Å²) >= 11 is 0. The highest BCUT2D eigenvalue weighted by Gasteiger charge is 2.30. The first-order valence-electron chi connectivity index (χ1n) is 8.49. The van der Waals surface area contributed by atoms with E-state index in [1.54, 1.807) is 4.90 Å². The molecule has 0 aliphatic carbocycles. The van der Waals surface area contributed by atoms with Crippen molar-refractivity contribution >= 4 is 17.8 Å². The highest BCUT2D eigenvalue weighted by Crippen LogP contribution is 2.15. The second kappa shape index (κ2) is 7.94. The fourth-order valence-electron chi connectivity index (χ4n) is 2.84. The number of amides is 4. The van der Waals surface area contributed by atoms with E-state index in [9.17, 15) is 14.4 Å². The number of nitrogens with one attached hydrogen (secondary N) is 2. The first-order valence-corrected chi connectivity index (χ1v) is 8.49. The number of nitrogens with zero attached hydrogens (tertiary/aromatic N) is 2. The Labute approximate surface area is 142 Å². The monoisotopic (exact) mass is 340 g/mol. The lowest BCUT2D eigenvalue weighted by Crippen LogP contribution is -2.54. The number of hydrogen-bond donors (Lipinski definition) is 2. The molecule has 0 aromatic carbocycles. The summed E-state index contributed by atoms with van der Waals surface area (Å²) < 4.78 is 5.43. The molecule has 8 heteroatoms. The number of imide groups is 1. The van der Waals surface area contributed by atoms with Crippen LogP contribution in [0.15, 0.2) is 0 Å². The fourth-order valence-corrected chi connectivity index (χ4v) is 2.84. The number of hydrogen-bond acceptors (Lipinski definition) is 5. The van der Waals surface area contributed by atoms with Crippen LogP contribution in [-0.4, -0.2) is 78.6 Å². The van der Waals surface area contributed by atoms with E-state index in [-0.39, 0.29) is 24.5 Å². The summed E-state index contributed by atoms with van der Waals surface area (Å²) in [6.07, 6.45) is 1.44. The van der Waals surface area contributed by atoms with Gasteiger partial charge in [-0.05, 0) is 33.6 Å². The molecule has 2 aliphatic heterocycles. The van der Waals surface area contributed by atoms with Crippen LogP contribution >= 0.6 is 0 Å². The van der Waals surface area contributed by atoms with Crippen LogP contribution in [0.4, 0.5) is 4.79 Å². The largest absolute Gasteiger partial charge is 0.368 e. The first-order chi connectivity index (χ1) is 11.2. The molecule has 24 heavy (non-hydrogen) atoms. The third-order valence-electron chi connectivity index (χ3n) is 4.00. The molecule has 136 valence electrons. The van der Waals surface area contributed by atoms with Crippen LogP contribution in [0.1, 0.15) is 33.6 Å². The molecule has 0 aromatic rings. The van der Waals surface area contributed by atoms with Gasteiger partial charge in [0.15, 0.2) is 0 Å². The molecule has 2 saturated heterocycles. The zero-order valence-electron chi connectivity index (χ0n) is 14.8. The van der Waals surface area contributed by atoms with E-state index in [1.165, 1.54) is 0 Å². The molecule has 2 heterocycles. The van der Waals surface area contributed by atoms with E-state index in [4.69, 9.17) is 4.74 Å². The van der Waals surface area contributed by atoms with Crippen molar-refractivity contribution in [2.45, 2.75) is 45.3 Å². The Morgan fingerprint density at radius 2 is 1.79 bits per heavy atom. The molecule has 2 aliphatic rings. The lowest BCUT2D eigenvalue weighted by Gasteiger charge is -2.35. The highest BCUT2D eigenvalue weighted by atomic mass is 16.5. The van der Waals surface area contributed by atoms with Crippen molar-refractivity contribution in [3.63, 3.8) is 0 Å². The Bertz CT molecular complexity index is 475. The number of ether oxygens (including phenoxy) is 1. The van der Waals surface area contributed by atoms with Gasteiger partial charge in [0.1, 0.15) is 6.10 Å². The van der Waals surface area contributed by atoms with Gasteiger partial charge in [-0.2, -0.15) is 0 Å². The maximum atomic E-state index is 12.3. The lowest BCUT2D eigenvalue weighted by molar-refractivity contribution is -0.142. The molecule has 1 atom stereocenters. The van der Waals surface area contributed by atoms with Crippen LogP contribution < -0.4 is 10.6 Å². The number of piperazine rings is 1. The third-order valence-corrected chi connectivity index (χ3v) is 4.00. The highest BCUT2D eigenvalue weighted by molar-refractivity contribution is 5.95. The Kier molecular flexibility index (Phi) is 6.17. The topological polar surface area (TPSA) is 91.0 Å². The molecule has 0 bridgehead atoms. The van der Waals surface area contributed by atoms with E-state index >= 15 is 0 Å². The SMILES string of the molecule is CC(C)(C)NC(=O)NC(=O)CN1CCN(C(=O)C2CCCO2)CC1. The smallest absolute Gasteiger partial charge is 0.321 e. The van der Waals surface area contributed by atoms with Crippen LogP contribution in [0.5, 0.6) is 0 Å². The molecule has 2 fully saturated rings. The number of carbonyl (C=O) groups is 3. The summed E-state index contributed by atoms with van der Waals surface area (Å²) in [5, 5.41) is 5.02. The molecular formula is C16H28N4O4. The summed E-state index contributed by atoms with van der Waals surface area (Å²) in [5.41, 5.74) is -0.390. The third kappa shape index (κ3) is 5.76. The predicted octanol–water partition coefficient (Wildman–Crippen LogP) is -0.0661. The van der Waals surface area contributed by atoms with Crippen molar-refractivity contribution in [1.29, 1.82) is 0 Å². The summed E-state index contributed by atoms with van der Waals surface area (Å²) in [6, 6.07) is -0.486. The second-order valence-corrected chi connectivity index (χ2v) is 7.36. The van der Waals surface area contributed by atoms with Gasteiger partial charge in [-0.3, -0.25) is 19.8 Å². The molecule has 0 saturated carbocycles. The van der Waals surface area contributed by atoms with Crippen molar-refractivity contribution < 1.29 is 19.1 Å². The van der Waals surface area contributed by atoms with E-state index in [0.29, 0.717) is 32.8 Å². The maximum Gasteiger partial charge on any atom is 0.321 e. The minimum Gasteiger partial charge on any atom is -0.368 e. The van der Waals surface area contributed by atoms with Gasteiger partial charge in [-0.1, -0.05) is 0 Å². The number of urea groups is 1. The Morgan fingerprint density at radius 3 is 2.33 bits per heavy atom. The van der Waals surface area contributed by atoms with Gasteiger partial charge in [-0.15, -0.1) is 0 Å². The normalized spacial score (nSPS) is 22.3. The van der Waals surface area contributed by atoms with Crippen molar-refractivity contribution in [3.8, 4) is 0 Å². The van der Waals surface area contributed by atoms with Gasteiger partial charge in [0.05, 0.1) is 6.54 Å². The van der Waals surface area contributed by atoms with Gasteiger partial charge in [-0.25, -0.2) is 4.79 Å². The van der Waals surface area contributed by atoms with Crippen LogP contribution in [-0.2, 0) is 14.3 Å². The van der Waals surface area contributed by atoms with Gasteiger partial charge in [0.25, 0.3) is 5.91 Å². The summed E-state index contributed by atoms with van der Waals surface area (Å²) in [5.74, 6) is -0.281. The van der Waals surface area contributed by atoms with E-state index < -0.39 is 11.6 Å². The molecule has 8 nitrogen and oxygen atoms in total. The molecule has 2 N–H and O–H groups in total. The zero-order valence-corrected chi connectivity index (χ0v) is 14.8. The summed E-state index contributed by atoms with van der Waals surface area (Å²) in [4.78, 5) is 39.6. The summed E-state index contributed by atoms with van der Waals surface area (Å²) in [7, 11) is 0. The number of rotatable bonds is 3. The minimum absolute atomic E-state index is 0.0566. The predicted molar refractivity (Wildman–Crippen MR) is 88.4 cm³/mol. The average Bonchev–Trinajstić information content (AvgIpc) is 2.99. The molecule has 2 rings (SSSR count). The molecule has 4 amide bonds. The average molecular weight is 340 g/mol. The van der Waals surface area contributed by atoms with E-state index in [1.807, 2.05) is 25.7 Å². The molecule has 1 unspecified atom stereocenters. The Balaban J connectivity index is 1.69. The first kappa shape index (κ1) is 18.7. The Morgan fingerprint density at radius 1 is 1.12 bits per heavy atom. The standard InChI is InChI=1S/C16H28N4O4/c1-16(2,3)18-15(23)17-13(21)11-19-6-8-20(9-7-19)14(22)12-5-4-10-24-12/h12H,4-11H2,1-3H3,(H2,17,18,21,23). The van der Waals surface area contributed by atoms with Crippen molar-refractivity contribution in [2.24, 2.45) is 0 Å². The Hall–Kier alpha value is -1.67. The van der Waals surface area contributed by atoms with E-state index in [2.05, 4.69) is 10.6 Å². The van der Waals surface area contributed by atoms with Gasteiger partial charge in [0, 0.05) is 38.3 Å². The van der Waals surface area contributed by atoms with Crippen LogP contribution in [0.2, 0.25) is 0 Å². The van der Waals surface area contributed by atoms with E-state index in [0.717, 1.165) is 12.8 Å². The maximum absolute atomic E-state index is 12.3. The number of carbonyl (C=O) groups excluding carboxylic acids is 3. The van der Waals surface area contributed by atoms with Crippen LogP contribution in [0, 0.1) is 0 Å². The van der Waals surface area contributed by atoms with Crippen LogP contribution in [0.3, 0.4) is 0 Å². The van der Waals surface area contributed by atoms with Gasteiger partial charge < -0.3 is 15.0 Å². The molecule has 0 aromatic heterocycles. The van der Waals surface area contributed by atoms with Crippen molar-refractivity contribution in [3.05, 3.63) is 0 Å². The fraction of sp³-hybridized carbons (Fsp3) is 0.812. The lowest BCUT2D eigenvalue weighted by atomic mass is 10.1. The van der Waals surface area contributed by atoms with Crippen molar-refractivity contribution in [2.75, 3.05) is 39.3 Å². The minimum atomic E-state index is -0.486. The van der Waals surface area contributed by atoms with Crippen LogP contribution in [0.25, 0.3) is 0 Å². The molecular weight excluding hydrogens is 312 g/mol. The zero-order chi connectivity index (χ0) is 17.7. The van der Waals surface area contributed by atoms with Gasteiger partial charge in [0.2, 0.25) is 5.91 Å². The molecule has 0 radical (unpaired) electrons. The van der Waals surface area contributed by atoms with Gasteiger partial charge >= 0.3 is 6.03 Å². The summed E-state index contributed by atoms with van der Waals surface area (Å²) in [6.45, 7) is 8.76. The molecule has 0 spiro atoms.